The van der Waals surface area contributed by atoms with Gasteiger partial charge >= 0.3 is 0 Å². The minimum absolute atomic E-state index is 0.154. The number of carbonyl (C=O) groups excluding carboxylic acids is 1. The van der Waals surface area contributed by atoms with E-state index in [0.717, 1.165) is 35.3 Å². The quantitative estimate of drug-likeness (QED) is 0.780. The van der Waals surface area contributed by atoms with Gasteiger partial charge in [0.1, 0.15) is 11.5 Å². The predicted octanol–water partition coefficient (Wildman–Crippen LogP) is 3.30. The highest BCUT2D eigenvalue weighted by molar-refractivity contribution is 5.98. The van der Waals surface area contributed by atoms with Crippen LogP contribution in [0.1, 0.15) is 23.7 Å². The summed E-state index contributed by atoms with van der Waals surface area (Å²) < 4.78 is 12.8. The van der Waals surface area contributed by atoms with E-state index in [9.17, 15) is 4.79 Å². The molecular weight excluding hydrogens is 330 g/mol. The van der Waals surface area contributed by atoms with Gasteiger partial charge in [0.15, 0.2) is 5.82 Å². The molecule has 0 aliphatic carbocycles. The minimum atomic E-state index is -0.366. The van der Waals surface area contributed by atoms with Crippen molar-refractivity contribution >= 4 is 22.6 Å². The van der Waals surface area contributed by atoms with Crippen LogP contribution >= 0.6 is 0 Å². The molecule has 1 aliphatic rings. The van der Waals surface area contributed by atoms with Crippen LogP contribution in [0.15, 0.2) is 42.5 Å². The molecular formula is C20H21N3O3. The lowest BCUT2D eigenvalue weighted by atomic mass is 10.0. The Kier molecular flexibility index (Phi) is 4.24. The minimum Gasteiger partial charge on any atom is -0.493 e. The maximum Gasteiger partial charge on any atom is 0.253 e. The van der Waals surface area contributed by atoms with Crippen LogP contribution in [0.2, 0.25) is 0 Å². The molecule has 2 heterocycles. The predicted molar refractivity (Wildman–Crippen MR) is 99.7 cm³/mol. The third-order valence-electron chi connectivity index (χ3n) is 4.61. The molecule has 2 aromatic carbocycles. The lowest BCUT2D eigenvalue weighted by Crippen LogP contribution is -2.25. The topological polar surface area (TPSA) is 79.4 Å². The number of nitrogens with two attached hydrogens (primary N) is 1. The Morgan fingerprint density at radius 3 is 2.96 bits per heavy atom. The van der Waals surface area contributed by atoms with Crippen molar-refractivity contribution in [3.63, 3.8) is 0 Å². The number of ether oxygens (including phenoxy) is 2. The highest BCUT2D eigenvalue weighted by Gasteiger charge is 2.23. The van der Waals surface area contributed by atoms with E-state index in [0.29, 0.717) is 17.9 Å². The summed E-state index contributed by atoms with van der Waals surface area (Å²) in [5.41, 5.74) is 7.85. The largest absolute Gasteiger partial charge is 0.493 e. The number of nitrogen functional groups attached to an aromatic ring is 1. The van der Waals surface area contributed by atoms with Gasteiger partial charge in [0, 0.05) is 11.5 Å². The second kappa shape index (κ2) is 6.71. The van der Waals surface area contributed by atoms with Gasteiger partial charge in [-0.25, -0.2) is 0 Å². The molecule has 26 heavy (non-hydrogen) atoms. The SMILES string of the molecule is C[C@H](COc1ccccc1)C(=O)n1nc(N)c2cc3c(cc21)OCCC3. The van der Waals surface area contributed by atoms with Gasteiger partial charge in [0.05, 0.1) is 24.6 Å². The summed E-state index contributed by atoms with van der Waals surface area (Å²) in [7, 11) is 0. The average Bonchev–Trinajstić information content (AvgIpc) is 3.00. The van der Waals surface area contributed by atoms with E-state index in [-0.39, 0.29) is 18.4 Å². The number of aromatic nitrogens is 2. The van der Waals surface area contributed by atoms with Crippen molar-refractivity contribution < 1.29 is 14.3 Å². The molecule has 0 radical (unpaired) electrons. The van der Waals surface area contributed by atoms with Crippen molar-refractivity contribution in [3.8, 4) is 11.5 Å². The van der Waals surface area contributed by atoms with Gasteiger partial charge in [0.25, 0.3) is 5.91 Å². The number of nitrogens with zero attached hydrogens (tertiary/aromatic N) is 2. The van der Waals surface area contributed by atoms with Crippen molar-refractivity contribution in [3.05, 3.63) is 48.0 Å². The van der Waals surface area contributed by atoms with Crippen LogP contribution in [0.5, 0.6) is 11.5 Å². The zero-order valence-electron chi connectivity index (χ0n) is 14.6. The average molecular weight is 351 g/mol. The molecule has 0 bridgehead atoms. The summed E-state index contributed by atoms with van der Waals surface area (Å²) in [6.45, 7) is 2.78. The van der Waals surface area contributed by atoms with Crippen LogP contribution in [-0.4, -0.2) is 28.9 Å². The van der Waals surface area contributed by atoms with Gasteiger partial charge in [0.2, 0.25) is 0 Å². The molecule has 1 aliphatic heterocycles. The number of carbonyl (C=O) groups is 1. The molecule has 6 nitrogen and oxygen atoms in total. The Morgan fingerprint density at radius 1 is 1.35 bits per heavy atom. The van der Waals surface area contributed by atoms with Gasteiger partial charge in [-0.15, -0.1) is 5.10 Å². The molecule has 0 amide bonds. The molecule has 6 heteroatoms. The maximum absolute atomic E-state index is 12.9. The molecule has 3 aromatic rings. The van der Waals surface area contributed by atoms with Crippen LogP contribution < -0.4 is 15.2 Å². The summed E-state index contributed by atoms with van der Waals surface area (Å²) in [6, 6.07) is 13.3. The number of hydrogen-bond donors (Lipinski definition) is 1. The number of anilines is 1. The molecule has 1 atom stereocenters. The van der Waals surface area contributed by atoms with Gasteiger partial charge < -0.3 is 15.2 Å². The number of aryl methyl sites for hydroxylation is 1. The number of rotatable bonds is 4. The molecule has 1 aromatic heterocycles. The van der Waals surface area contributed by atoms with E-state index in [1.807, 2.05) is 49.4 Å². The Labute approximate surface area is 151 Å². The van der Waals surface area contributed by atoms with Gasteiger partial charge in [-0.3, -0.25) is 4.79 Å². The molecule has 0 saturated heterocycles. The van der Waals surface area contributed by atoms with E-state index in [4.69, 9.17) is 15.2 Å². The fourth-order valence-corrected chi connectivity index (χ4v) is 3.17. The first kappa shape index (κ1) is 16.4. The number of benzene rings is 2. The standard InChI is InChI=1S/C20H21N3O3/c1-13(12-26-15-7-3-2-4-8-15)20(24)23-17-11-18-14(6-5-9-25-18)10-16(17)19(21)22-23/h2-4,7-8,10-11,13H,5-6,9,12H2,1H3,(H2,21,22)/t13-/m1/s1. The van der Waals surface area contributed by atoms with Crippen molar-refractivity contribution in [2.24, 2.45) is 5.92 Å². The maximum atomic E-state index is 12.9. The second-order valence-electron chi connectivity index (χ2n) is 6.59. The fraction of sp³-hybridized carbons (Fsp3) is 0.300. The monoisotopic (exact) mass is 351 g/mol. The van der Waals surface area contributed by atoms with Crippen LogP contribution in [0, 0.1) is 5.92 Å². The molecule has 0 spiro atoms. The molecule has 0 fully saturated rings. The van der Waals surface area contributed by atoms with Crippen molar-refractivity contribution in [2.45, 2.75) is 19.8 Å². The lowest BCUT2D eigenvalue weighted by molar-refractivity contribution is 0.0792. The van der Waals surface area contributed by atoms with Crippen LogP contribution in [0.4, 0.5) is 5.82 Å². The summed E-state index contributed by atoms with van der Waals surface area (Å²) in [5, 5.41) is 5.06. The summed E-state index contributed by atoms with van der Waals surface area (Å²) in [5.74, 6) is 1.39. The Bertz CT molecular complexity index is 950. The number of para-hydroxylation sites is 1. The van der Waals surface area contributed by atoms with Crippen LogP contribution in [0.3, 0.4) is 0 Å². The zero-order chi connectivity index (χ0) is 18.1. The third kappa shape index (κ3) is 2.98. The van der Waals surface area contributed by atoms with Crippen LogP contribution in [0.25, 0.3) is 10.9 Å². The zero-order valence-corrected chi connectivity index (χ0v) is 14.6. The molecule has 4 rings (SSSR count). The summed E-state index contributed by atoms with van der Waals surface area (Å²) in [4.78, 5) is 12.9. The molecule has 0 unspecified atom stereocenters. The Balaban J connectivity index is 1.60. The van der Waals surface area contributed by atoms with E-state index in [1.165, 1.54) is 4.68 Å². The first-order valence-electron chi connectivity index (χ1n) is 8.79. The summed E-state index contributed by atoms with van der Waals surface area (Å²) >= 11 is 0. The third-order valence-corrected chi connectivity index (χ3v) is 4.61. The van der Waals surface area contributed by atoms with E-state index >= 15 is 0 Å². The van der Waals surface area contributed by atoms with E-state index in [1.54, 1.807) is 0 Å². The fourth-order valence-electron chi connectivity index (χ4n) is 3.17. The Hall–Kier alpha value is -3.02. The van der Waals surface area contributed by atoms with Crippen molar-refractivity contribution in [1.82, 2.24) is 9.78 Å². The van der Waals surface area contributed by atoms with Crippen molar-refractivity contribution in [1.29, 1.82) is 0 Å². The smallest absolute Gasteiger partial charge is 0.253 e. The number of fused-ring (bicyclic) bond motifs is 2. The highest BCUT2D eigenvalue weighted by atomic mass is 16.5. The Morgan fingerprint density at radius 2 is 2.15 bits per heavy atom. The highest BCUT2D eigenvalue weighted by Crippen LogP contribution is 2.32. The first-order valence-corrected chi connectivity index (χ1v) is 8.79. The molecule has 0 saturated carbocycles. The summed E-state index contributed by atoms with van der Waals surface area (Å²) in [6.07, 6.45) is 1.94. The second-order valence-corrected chi connectivity index (χ2v) is 6.59. The first-order chi connectivity index (χ1) is 12.6. The van der Waals surface area contributed by atoms with E-state index in [2.05, 4.69) is 5.10 Å². The van der Waals surface area contributed by atoms with Gasteiger partial charge in [-0.2, -0.15) is 4.68 Å². The van der Waals surface area contributed by atoms with Gasteiger partial charge in [-0.1, -0.05) is 25.1 Å². The van der Waals surface area contributed by atoms with Crippen molar-refractivity contribution in [2.75, 3.05) is 18.9 Å². The lowest BCUT2D eigenvalue weighted by Gasteiger charge is -2.17. The normalized spacial score (nSPS) is 14.5. The molecule has 2 N–H and O–H groups in total. The van der Waals surface area contributed by atoms with Crippen LogP contribution in [-0.2, 0) is 6.42 Å². The van der Waals surface area contributed by atoms with Gasteiger partial charge in [-0.05, 0) is 36.6 Å². The molecule has 134 valence electrons. The number of hydrogen-bond acceptors (Lipinski definition) is 5. The van der Waals surface area contributed by atoms with E-state index < -0.39 is 0 Å².